The van der Waals surface area contributed by atoms with E-state index >= 15 is 0 Å². The number of benzene rings is 6. The maximum Gasteiger partial charge on any atom is 0.159 e. The van der Waals surface area contributed by atoms with Gasteiger partial charge in [-0.3, -0.25) is 0 Å². The lowest BCUT2D eigenvalue weighted by molar-refractivity contribution is 0.597. The third-order valence-electron chi connectivity index (χ3n) is 8.41. The second-order valence-corrected chi connectivity index (χ2v) is 13.2. The molecule has 43 heavy (non-hydrogen) atoms. The van der Waals surface area contributed by atoms with Crippen molar-refractivity contribution in [3.05, 3.63) is 139 Å². The number of nitrogens with zero attached hydrogens (tertiary/aromatic N) is 1. The van der Waals surface area contributed by atoms with E-state index in [1.807, 2.05) is 17.4 Å². The Bertz CT molecular complexity index is 2270. The highest BCUT2D eigenvalue weighted by Crippen LogP contribution is 2.49. The fourth-order valence-corrected chi connectivity index (χ4v) is 7.85. The summed E-state index contributed by atoms with van der Waals surface area (Å²) in [6.07, 6.45) is 0. The van der Waals surface area contributed by atoms with E-state index in [1.54, 1.807) is 0 Å². The smallest absolute Gasteiger partial charge is 0.159 e. The molecule has 0 saturated carbocycles. The van der Waals surface area contributed by atoms with E-state index in [4.69, 9.17) is 4.42 Å². The highest BCUT2D eigenvalue weighted by Gasteiger charge is 2.24. The van der Waals surface area contributed by atoms with Crippen molar-refractivity contribution in [2.45, 2.75) is 26.2 Å². The van der Waals surface area contributed by atoms with E-state index in [2.05, 4.69) is 153 Å². The molecule has 8 rings (SSSR count). The van der Waals surface area contributed by atoms with Crippen molar-refractivity contribution in [2.24, 2.45) is 0 Å². The maximum absolute atomic E-state index is 6.60. The molecule has 2 nitrogen and oxygen atoms in total. The Kier molecular flexibility index (Phi) is 5.92. The van der Waals surface area contributed by atoms with Gasteiger partial charge in [-0.25, -0.2) is 0 Å². The zero-order chi connectivity index (χ0) is 29.1. The minimum absolute atomic E-state index is 0.0490. The van der Waals surface area contributed by atoms with Crippen LogP contribution in [0.1, 0.15) is 26.3 Å². The molecule has 2 heterocycles. The van der Waals surface area contributed by atoms with Gasteiger partial charge in [-0.1, -0.05) is 124 Å². The maximum atomic E-state index is 6.60. The highest BCUT2D eigenvalue weighted by atomic mass is 32.1. The Morgan fingerprint density at radius 3 is 1.88 bits per heavy atom. The quantitative estimate of drug-likeness (QED) is 0.208. The summed E-state index contributed by atoms with van der Waals surface area (Å²) in [5, 5.41) is 4.85. The standard InChI is InChI=1S/C40H31NOS/c1-40(2,3)33-18-9-16-31-32-17-11-20-35(39(32)43-38(31)33)41(28-24-22-27(23-25-28)26-12-5-4-6-13-26)34-19-10-15-30-29-14-7-8-21-36(29)42-37(30)34/h4-25H,1-3H3. The molecule has 0 radical (unpaired) electrons. The summed E-state index contributed by atoms with van der Waals surface area (Å²) in [6.45, 7) is 6.90. The summed E-state index contributed by atoms with van der Waals surface area (Å²) in [5.74, 6) is 0. The van der Waals surface area contributed by atoms with Gasteiger partial charge in [0.05, 0.1) is 16.1 Å². The monoisotopic (exact) mass is 573 g/mol. The molecule has 2 aromatic heterocycles. The van der Waals surface area contributed by atoms with Crippen LogP contribution in [0.5, 0.6) is 0 Å². The van der Waals surface area contributed by atoms with E-state index in [9.17, 15) is 0 Å². The molecule has 0 aliphatic carbocycles. The van der Waals surface area contributed by atoms with Crippen molar-refractivity contribution in [1.29, 1.82) is 0 Å². The van der Waals surface area contributed by atoms with Gasteiger partial charge in [0.1, 0.15) is 5.58 Å². The lowest BCUT2D eigenvalue weighted by atomic mass is 9.86. The Balaban J connectivity index is 1.41. The van der Waals surface area contributed by atoms with E-state index in [-0.39, 0.29) is 5.41 Å². The fraction of sp³-hybridized carbons (Fsp3) is 0.100. The number of hydrogen-bond acceptors (Lipinski definition) is 3. The van der Waals surface area contributed by atoms with Crippen LogP contribution in [0.3, 0.4) is 0 Å². The van der Waals surface area contributed by atoms with Crippen LogP contribution in [0.15, 0.2) is 138 Å². The molecule has 3 heteroatoms. The predicted molar refractivity (Wildman–Crippen MR) is 185 cm³/mol. The molecule has 208 valence electrons. The third-order valence-corrected chi connectivity index (χ3v) is 9.69. The number of para-hydroxylation sites is 2. The first-order chi connectivity index (χ1) is 21.0. The predicted octanol–water partition coefficient (Wildman–Crippen LogP) is 12.4. The lowest BCUT2D eigenvalue weighted by Crippen LogP contribution is -2.10. The first-order valence-corrected chi connectivity index (χ1v) is 15.6. The zero-order valence-electron chi connectivity index (χ0n) is 24.5. The molecule has 6 aromatic carbocycles. The molecular formula is C40H31NOS. The molecule has 0 atom stereocenters. The van der Waals surface area contributed by atoms with Crippen molar-refractivity contribution in [3.8, 4) is 11.1 Å². The van der Waals surface area contributed by atoms with Gasteiger partial charge in [0.15, 0.2) is 5.58 Å². The van der Waals surface area contributed by atoms with Crippen LogP contribution in [0.4, 0.5) is 17.1 Å². The van der Waals surface area contributed by atoms with Crippen molar-refractivity contribution >= 4 is 70.5 Å². The second kappa shape index (κ2) is 9.86. The number of fused-ring (bicyclic) bond motifs is 6. The van der Waals surface area contributed by atoms with Gasteiger partial charge < -0.3 is 9.32 Å². The molecule has 0 spiro atoms. The molecule has 0 aliphatic rings. The van der Waals surface area contributed by atoms with Gasteiger partial charge in [0.2, 0.25) is 0 Å². The van der Waals surface area contributed by atoms with Gasteiger partial charge in [0.25, 0.3) is 0 Å². The number of rotatable bonds is 4. The van der Waals surface area contributed by atoms with Crippen molar-refractivity contribution in [3.63, 3.8) is 0 Å². The van der Waals surface area contributed by atoms with Crippen LogP contribution < -0.4 is 4.90 Å². The normalized spacial score (nSPS) is 12.1. The van der Waals surface area contributed by atoms with E-state index in [0.29, 0.717) is 0 Å². The number of anilines is 3. The van der Waals surface area contributed by atoms with Crippen molar-refractivity contribution < 1.29 is 4.42 Å². The fourth-order valence-electron chi connectivity index (χ4n) is 6.32. The zero-order valence-corrected chi connectivity index (χ0v) is 25.3. The summed E-state index contributed by atoms with van der Waals surface area (Å²) in [4.78, 5) is 2.38. The Morgan fingerprint density at radius 2 is 1.12 bits per heavy atom. The Morgan fingerprint density at radius 1 is 0.512 bits per heavy atom. The number of thiophene rings is 1. The third kappa shape index (κ3) is 4.23. The molecule has 0 fully saturated rings. The van der Waals surface area contributed by atoms with Crippen molar-refractivity contribution in [2.75, 3.05) is 4.90 Å². The molecule has 0 amide bonds. The van der Waals surface area contributed by atoms with Gasteiger partial charge in [-0.2, -0.15) is 0 Å². The van der Waals surface area contributed by atoms with E-state index in [1.165, 1.54) is 36.9 Å². The summed E-state index contributed by atoms with van der Waals surface area (Å²) in [7, 11) is 0. The van der Waals surface area contributed by atoms with Crippen LogP contribution in [0.25, 0.3) is 53.2 Å². The van der Waals surface area contributed by atoms with Crippen LogP contribution in [-0.2, 0) is 5.41 Å². The summed E-state index contributed by atoms with van der Waals surface area (Å²) < 4.78 is 9.23. The Hall–Kier alpha value is -4.86. The van der Waals surface area contributed by atoms with Gasteiger partial charge >= 0.3 is 0 Å². The summed E-state index contributed by atoms with van der Waals surface area (Å²) in [6, 6.07) is 47.7. The number of furan rings is 1. The first-order valence-electron chi connectivity index (χ1n) is 14.8. The SMILES string of the molecule is CC(C)(C)c1cccc2c1sc1c(N(c3ccc(-c4ccccc4)cc3)c3cccc4c3oc3ccccc34)cccc12. The molecule has 0 unspecified atom stereocenters. The van der Waals surface area contributed by atoms with Crippen molar-refractivity contribution in [1.82, 2.24) is 0 Å². The van der Waals surface area contributed by atoms with Crippen LogP contribution in [0, 0.1) is 0 Å². The largest absolute Gasteiger partial charge is 0.454 e. The average molecular weight is 574 g/mol. The average Bonchev–Trinajstić information content (AvgIpc) is 3.61. The highest BCUT2D eigenvalue weighted by molar-refractivity contribution is 7.26. The lowest BCUT2D eigenvalue weighted by Gasteiger charge is -2.26. The minimum atomic E-state index is 0.0490. The molecular weight excluding hydrogens is 543 g/mol. The van der Waals surface area contributed by atoms with Gasteiger partial charge in [0, 0.05) is 31.9 Å². The molecule has 0 bridgehead atoms. The van der Waals surface area contributed by atoms with Gasteiger partial charge in [-0.15, -0.1) is 11.3 Å². The van der Waals surface area contributed by atoms with Crippen LogP contribution in [-0.4, -0.2) is 0 Å². The van der Waals surface area contributed by atoms with Crippen LogP contribution >= 0.6 is 11.3 Å². The first kappa shape index (κ1) is 25.8. The molecule has 0 aliphatic heterocycles. The van der Waals surface area contributed by atoms with E-state index in [0.717, 1.165) is 39.0 Å². The number of hydrogen-bond donors (Lipinski definition) is 0. The Labute approximate surface area is 255 Å². The minimum Gasteiger partial charge on any atom is -0.454 e. The summed E-state index contributed by atoms with van der Waals surface area (Å²) >= 11 is 1.90. The molecule has 8 aromatic rings. The topological polar surface area (TPSA) is 16.4 Å². The molecule has 0 N–H and O–H groups in total. The summed E-state index contributed by atoms with van der Waals surface area (Å²) in [5.41, 5.74) is 8.91. The molecule has 0 saturated heterocycles. The second-order valence-electron chi connectivity index (χ2n) is 12.2. The van der Waals surface area contributed by atoms with Crippen LogP contribution in [0.2, 0.25) is 0 Å². The van der Waals surface area contributed by atoms with E-state index < -0.39 is 0 Å². The van der Waals surface area contributed by atoms with Gasteiger partial charge in [-0.05, 0) is 52.4 Å².